The first-order valence-electron chi connectivity index (χ1n) is 5.40. The van der Waals surface area contributed by atoms with Crippen molar-refractivity contribution in [2.75, 3.05) is 0 Å². The lowest BCUT2D eigenvalue weighted by molar-refractivity contribution is -0.105. The van der Waals surface area contributed by atoms with E-state index in [2.05, 4.69) is 13.0 Å². The number of carbonyl (C=O) groups excluding carboxylic acids is 1. The van der Waals surface area contributed by atoms with Gasteiger partial charge in [0.1, 0.15) is 6.29 Å². The van der Waals surface area contributed by atoms with Gasteiger partial charge in [-0.15, -0.1) is 0 Å². The number of aldehydes is 1. The van der Waals surface area contributed by atoms with Crippen molar-refractivity contribution < 1.29 is 4.79 Å². The Bertz CT molecular complexity index is 242. The molecule has 1 heteroatoms. The largest absolute Gasteiger partial charge is 0.298 e. The zero-order valence-corrected chi connectivity index (χ0v) is 8.38. The molecule has 72 valence electrons. The van der Waals surface area contributed by atoms with Crippen LogP contribution in [0.1, 0.15) is 45.4 Å². The van der Waals surface area contributed by atoms with Crippen molar-refractivity contribution in [2.24, 2.45) is 11.3 Å². The number of allylic oxidation sites excluding steroid dienone is 2. The summed E-state index contributed by atoms with van der Waals surface area (Å²) in [5.74, 6) is 0.690. The van der Waals surface area contributed by atoms with E-state index in [0.29, 0.717) is 11.3 Å². The molecule has 2 rings (SSSR count). The van der Waals surface area contributed by atoms with Crippen LogP contribution in [0, 0.1) is 11.3 Å². The van der Waals surface area contributed by atoms with E-state index in [4.69, 9.17) is 0 Å². The van der Waals surface area contributed by atoms with Gasteiger partial charge in [-0.1, -0.05) is 25.8 Å². The maximum Gasteiger partial charge on any atom is 0.145 e. The Labute approximate surface area is 80.2 Å². The molecule has 1 saturated carbocycles. The van der Waals surface area contributed by atoms with E-state index >= 15 is 0 Å². The summed E-state index contributed by atoms with van der Waals surface area (Å²) in [7, 11) is 0. The molecular formula is C12H18O. The van der Waals surface area contributed by atoms with Crippen LogP contribution in [0.2, 0.25) is 0 Å². The second kappa shape index (κ2) is 3.28. The van der Waals surface area contributed by atoms with Gasteiger partial charge in [0, 0.05) is 0 Å². The third-order valence-electron chi connectivity index (χ3n) is 3.96. The molecule has 0 unspecified atom stereocenters. The third kappa shape index (κ3) is 1.56. The summed E-state index contributed by atoms with van der Waals surface area (Å²) in [5.41, 5.74) is 1.56. The highest BCUT2D eigenvalue weighted by atomic mass is 16.1. The molecule has 2 aliphatic rings. The van der Waals surface area contributed by atoms with Crippen molar-refractivity contribution in [3.05, 3.63) is 11.6 Å². The molecule has 0 spiro atoms. The Balaban J connectivity index is 2.20. The van der Waals surface area contributed by atoms with E-state index in [0.717, 1.165) is 18.3 Å². The van der Waals surface area contributed by atoms with Gasteiger partial charge >= 0.3 is 0 Å². The average Bonchev–Trinajstić information content (AvgIpc) is 2.16. The SMILES string of the molecule is C[C@]12CCCC[C@@H]1C=C(C=O)CC2. The van der Waals surface area contributed by atoms with Gasteiger partial charge in [0.05, 0.1) is 0 Å². The summed E-state index contributed by atoms with van der Waals surface area (Å²) in [6.07, 6.45) is 10.9. The summed E-state index contributed by atoms with van der Waals surface area (Å²) >= 11 is 0. The minimum Gasteiger partial charge on any atom is -0.298 e. The van der Waals surface area contributed by atoms with Gasteiger partial charge in [-0.05, 0) is 42.6 Å². The first-order valence-corrected chi connectivity index (χ1v) is 5.40. The van der Waals surface area contributed by atoms with Crippen molar-refractivity contribution in [2.45, 2.75) is 45.4 Å². The van der Waals surface area contributed by atoms with Gasteiger partial charge in [-0.3, -0.25) is 4.79 Å². The Morgan fingerprint density at radius 1 is 1.46 bits per heavy atom. The molecule has 0 heterocycles. The molecule has 0 aromatic heterocycles. The highest BCUT2D eigenvalue weighted by Gasteiger charge is 2.37. The summed E-state index contributed by atoms with van der Waals surface area (Å²) in [6, 6.07) is 0. The van der Waals surface area contributed by atoms with Gasteiger partial charge in [0.2, 0.25) is 0 Å². The smallest absolute Gasteiger partial charge is 0.145 e. The van der Waals surface area contributed by atoms with Crippen LogP contribution in [0.3, 0.4) is 0 Å². The number of fused-ring (bicyclic) bond motifs is 1. The summed E-state index contributed by atoms with van der Waals surface area (Å²) in [4.78, 5) is 10.7. The molecule has 0 aromatic carbocycles. The quantitative estimate of drug-likeness (QED) is 0.564. The molecule has 0 aliphatic heterocycles. The number of hydrogen-bond donors (Lipinski definition) is 0. The summed E-state index contributed by atoms with van der Waals surface area (Å²) in [6.45, 7) is 2.40. The van der Waals surface area contributed by atoms with Crippen LogP contribution in [0.15, 0.2) is 11.6 Å². The van der Waals surface area contributed by atoms with Gasteiger partial charge < -0.3 is 0 Å². The minimum absolute atomic E-state index is 0.519. The second-order valence-electron chi connectivity index (χ2n) is 4.87. The molecule has 13 heavy (non-hydrogen) atoms. The van der Waals surface area contributed by atoms with Crippen LogP contribution >= 0.6 is 0 Å². The monoisotopic (exact) mass is 178 g/mol. The summed E-state index contributed by atoms with van der Waals surface area (Å²) in [5, 5.41) is 0. The first-order chi connectivity index (χ1) is 6.24. The van der Waals surface area contributed by atoms with Gasteiger partial charge in [-0.2, -0.15) is 0 Å². The van der Waals surface area contributed by atoms with Crippen LogP contribution in [0.25, 0.3) is 0 Å². The maximum atomic E-state index is 10.7. The van der Waals surface area contributed by atoms with E-state index in [9.17, 15) is 4.79 Å². The fourth-order valence-electron chi connectivity index (χ4n) is 2.89. The molecule has 0 radical (unpaired) electrons. The first kappa shape index (κ1) is 8.98. The number of carbonyl (C=O) groups is 1. The lowest BCUT2D eigenvalue weighted by atomic mass is 9.62. The molecule has 0 aromatic rings. The fourth-order valence-corrected chi connectivity index (χ4v) is 2.89. The van der Waals surface area contributed by atoms with Crippen LogP contribution in [0.5, 0.6) is 0 Å². The molecule has 0 N–H and O–H groups in total. The highest BCUT2D eigenvalue weighted by molar-refractivity contribution is 5.73. The van der Waals surface area contributed by atoms with Crippen molar-refractivity contribution in [1.29, 1.82) is 0 Å². The minimum atomic E-state index is 0.519. The van der Waals surface area contributed by atoms with E-state index in [-0.39, 0.29) is 0 Å². The zero-order valence-electron chi connectivity index (χ0n) is 8.38. The molecule has 0 amide bonds. The van der Waals surface area contributed by atoms with E-state index in [1.807, 2.05) is 0 Å². The average molecular weight is 178 g/mol. The third-order valence-corrected chi connectivity index (χ3v) is 3.96. The Morgan fingerprint density at radius 3 is 3.08 bits per heavy atom. The standard InChI is InChI=1S/C12H18O/c1-12-6-3-2-4-11(12)8-10(9-13)5-7-12/h8-9,11H,2-7H2,1H3/t11-,12-/m1/s1. The van der Waals surface area contributed by atoms with Crippen LogP contribution < -0.4 is 0 Å². The fraction of sp³-hybridized carbons (Fsp3) is 0.750. The van der Waals surface area contributed by atoms with Crippen LogP contribution in [0.4, 0.5) is 0 Å². The number of rotatable bonds is 1. The normalized spacial score (nSPS) is 39.2. The topological polar surface area (TPSA) is 17.1 Å². The number of hydrogen-bond acceptors (Lipinski definition) is 1. The maximum absolute atomic E-state index is 10.7. The van der Waals surface area contributed by atoms with Crippen molar-refractivity contribution >= 4 is 6.29 Å². The van der Waals surface area contributed by atoms with Gasteiger partial charge in [0.15, 0.2) is 0 Å². The molecular weight excluding hydrogens is 160 g/mol. The second-order valence-corrected chi connectivity index (χ2v) is 4.87. The molecule has 1 fully saturated rings. The Morgan fingerprint density at radius 2 is 2.31 bits per heavy atom. The van der Waals surface area contributed by atoms with Crippen molar-refractivity contribution in [3.63, 3.8) is 0 Å². The molecule has 0 bridgehead atoms. The van der Waals surface area contributed by atoms with E-state index < -0.39 is 0 Å². The Hall–Kier alpha value is -0.590. The van der Waals surface area contributed by atoms with E-state index in [1.54, 1.807) is 0 Å². The Kier molecular flexibility index (Phi) is 2.27. The van der Waals surface area contributed by atoms with Gasteiger partial charge in [0.25, 0.3) is 0 Å². The highest BCUT2D eigenvalue weighted by Crippen LogP contribution is 2.48. The lowest BCUT2D eigenvalue weighted by Gasteiger charge is -2.43. The predicted molar refractivity (Wildman–Crippen MR) is 53.4 cm³/mol. The van der Waals surface area contributed by atoms with Crippen molar-refractivity contribution in [3.8, 4) is 0 Å². The predicted octanol–water partition coefficient (Wildman–Crippen LogP) is 3.10. The zero-order chi connectivity index (χ0) is 9.31. The molecule has 0 saturated heterocycles. The van der Waals surface area contributed by atoms with Gasteiger partial charge in [-0.25, -0.2) is 0 Å². The van der Waals surface area contributed by atoms with Crippen LogP contribution in [-0.2, 0) is 4.79 Å². The molecule has 2 aliphatic carbocycles. The van der Waals surface area contributed by atoms with Crippen LogP contribution in [-0.4, -0.2) is 6.29 Å². The molecule has 1 nitrogen and oxygen atoms in total. The lowest BCUT2D eigenvalue weighted by Crippen LogP contribution is -2.32. The van der Waals surface area contributed by atoms with Crippen molar-refractivity contribution in [1.82, 2.24) is 0 Å². The summed E-state index contributed by atoms with van der Waals surface area (Å²) < 4.78 is 0. The van der Waals surface area contributed by atoms with E-state index in [1.165, 1.54) is 32.1 Å². The molecule has 2 atom stereocenters.